The highest BCUT2D eigenvalue weighted by atomic mass is 127. The number of hydrogen-bond donors (Lipinski definition) is 4. The number of nitrogens with zero attached hydrogens (tertiary/aromatic N) is 1. The molecule has 4 N–H and O–H groups in total. The molecule has 0 aliphatic heterocycles. The molecule has 2 aromatic rings. The topological polar surface area (TPSA) is 85.8 Å². The highest BCUT2D eigenvalue weighted by molar-refractivity contribution is 14.0. The van der Waals surface area contributed by atoms with Crippen LogP contribution in [0.15, 0.2) is 40.0 Å². The van der Waals surface area contributed by atoms with Gasteiger partial charge in [0.05, 0.1) is 16.6 Å². The molecule has 0 saturated heterocycles. The van der Waals surface area contributed by atoms with Crippen molar-refractivity contribution in [3.05, 3.63) is 56.2 Å². The van der Waals surface area contributed by atoms with Gasteiger partial charge in [-0.15, -0.1) is 24.0 Å². The summed E-state index contributed by atoms with van der Waals surface area (Å²) in [4.78, 5) is 16.6. The van der Waals surface area contributed by atoms with Crippen LogP contribution < -0.4 is 16.0 Å². The molecule has 2 rings (SSSR count). The number of aliphatic hydroxyl groups is 1. The van der Waals surface area contributed by atoms with E-state index in [0.29, 0.717) is 41.2 Å². The lowest BCUT2D eigenvalue weighted by atomic mass is 10.00. The van der Waals surface area contributed by atoms with Crippen molar-refractivity contribution in [2.45, 2.75) is 19.4 Å². The Hall–Kier alpha value is -1.07. The van der Waals surface area contributed by atoms with E-state index < -0.39 is 5.60 Å². The van der Waals surface area contributed by atoms with Crippen LogP contribution in [-0.2, 0) is 5.60 Å². The molecule has 1 unspecified atom stereocenters. The summed E-state index contributed by atoms with van der Waals surface area (Å²) in [5.41, 5.74) is 0.248. The smallest absolute Gasteiger partial charge is 0.251 e. The van der Waals surface area contributed by atoms with Crippen LogP contribution in [0.1, 0.15) is 29.8 Å². The van der Waals surface area contributed by atoms with Crippen molar-refractivity contribution < 1.29 is 9.90 Å². The van der Waals surface area contributed by atoms with E-state index in [0.717, 1.165) is 5.56 Å². The predicted octanol–water partition coefficient (Wildman–Crippen LogP) is 3.87. The maximum absolute atomic E-state index is 12.1. The summed E-state index contributed by atoms with van der Waals surface area (Å²) in [5, 5.41) is 24.2. The predicted molar refractivity (Wildman–Crippen MR) is 132 cm³/mol. The third kappa shape index (κ3) is 8.29. The molecule has 1 aromatic heterocycles. The van der Waals surface area contributed by atoms with E-state index in [1.165, 1.54) is 17.4 Å². The van der Waals surface area contributed by atoms with E-state index in [-0.39, 0.29) is 36.4 Å². The van der Waals surface area contributed by atoms with Crippen LogP contribution >= 0.6 is 58.5 Å². The van der Waals surface area contributed by atoms with E-state index in [1.54, 1.807) is 19.1 Å². The standard InChI is InChI=1S/C19H24Cl2N4O2S.HI/c1-3-22-18(25-12-19(2,27)14-6-9-28-11-14)24-8-7-23-17(26)13-4-5-15(20)16(21)10-13;/h4-6,9-11,27H,3,7-8,12H2,1-2H3,(H,23,26)(H2,22,24,25);1H. The van der Waals surface area contributed by atoms with E-state index >= 15 is 0 Å². The molecule has 6 nitrogen and oxygen atoms in total. The van der Waals surface area contributed by atoms with Gasteiger partial charge in [0.15, 0.2) is 5.96 Å². The summed E-state index contributed by atoms with van der Waals surface area (Å²) >= 11 is 13.3. The van der Waals surface area contributed by atoms with E-state index in [1.807, 2.05) is 23.8 Å². The van der Waals surface area contributed by atoms with Crippen molar-refractivity contribution in [2.75, 3.05) is 26.2 Å². The molecule has 1 aromatic carbocycles. The van der Waals surface area contributed by atoms with Crippen LogP contribution in [0.2, 0.25) is 10.0 Å². The maximum atomic E-state index is 12.1. The number of nitrogens with one attached hydrogen (secondary N) is 3. The van der Waals surface area contributed by atoms with Crippen molar-refractivity contribution in [1.82, 2.24) is 16.0 Å². The second-order valence-electron chi connectivity index (χ2n) is 6.29. The van der Waals surface area contributed by atoms with E-state index in [2.05, 4.69) is 20.9 Å². The van der Waals surface area contributed by atoms with Gasteiger partial charge in [0.1, 0.15) is 5.60 Å². The lowest BCUT2D eigenvalue weighted by Crippen LogP contribution is -2.42. The summed E-state index contributed by atoms with van der Waals surface area (Å²) in [7, 11) is 0. The fourth-order valence-corrected chi connectivity index (χ4v) is 3.41. The maximum Gasteiger partial charge on any atom is 0.251 e. The Labute approximate surface area is 202 Å². The molecular weight excluding hydrogens is 546 g/mol. The van der Waals surface area contributed by atoms with Crippen molar-refractivity contribution in [2.24, 2.45) is 4.99 Å². The molecule has 1 heterocycles. The van der Waals surface area contributed by atoms with Crippen molar-refractivity contribution in [3.8, 4) is 0 Å². The lowest BCUT2D eigenvalue weighted by Gasteiger charge is -2.21. The number of carbonyl (C=O) groups excluding carboxylic acids is 1. The number of hydrogen-bond acceptors (Lipinski definition) is 4. The third-order valence-corrected chi connectivity index (χ3v) is 5.34. The largest absolute Gasteiger partial charge is 0.383 e. The molecule has 0 saturated carbocycles. The first-order valence-electron chi connectivity index (χ1n) is 8.84. The van der Waals surface area contributed by atoms with Crippen molar-refractivity contribution in [1.29, 1.82) is 0 Å². The number of benzene rings is 1. The number of halogens is 3. The molecule has 0 fully saturated rings. The van der Waals surface area contributed by atoms with Crippen LogP contribution in [-0.4, -0.2) is 43.2 Å². The average molecular weight is 571 g/mol. The first-order valence-corrected chi connectivity index (χ1v) is 10.5. The molecule has 160 valence electrons. The Bertz CT molecular complexity index is 817. The molecular formula is C19H25Cl2IN4O2S. The SMILES string of the molecule is CCNC(=NCC(C)(O)c1ccsc1)NCCNC(=O)c1ccc(Cl)c(Cl)c1.I. The molecule has 29 heavy (non-hydrogen) atoms. The fraction of sp³-hybridized carbons (Fsp3) is 0.368. The van der Waals surface area contributed by atoms with Crippen molar-refractivity contribution >= 4 is 70.4 Å². The zero-order valence-electron chi connectivity index (χ0n) is 16.2. The molecule has 1 amide bonds. The summed E-state index contributed by atoms with van der Waals surface area (Å²) in [6.45, 7) is 5.46. The number of thiophene rings is 1. The van der Waals surface area contributed by atoms with Gasteiger partial charge in [-0.2, -0.15) is 11.3 Å². The molecule has 1 atom stereocenters. The summed E-state index contributed by atoms with van der Waals surface area (Å²) in [6.07, 6.45) is 0. The lowest BCUT2D eigenvalue weighted by molar-refractivity contribution is 0.0677. The third-order valence-electron chi connectivity index (χ3n) is 3.92. The monoisotopic (exact) mass is 570 g/mol. The minimum Gasteiger partial charge on any atom is -0.383 e. The Morgan fingerprint density at radius 3 is 2.52 bits per heavy atom. The number of amides is 1. The molecule has 0 spiro atoms. The van der Waals surface area contributed by atoms with Gasteiger partial charge in [-0.05, 0) is 54.4 Å². The highest BCUT2D eigenvalue weighted by Crippen LogP contribution is 2.23. The van der Waals surface area contributed by atoms with Gasteiger partial charge in [-0.3, -0.25) is 4.79 Å². The minimum absolute atomic E-state index is 0. The summed E-state index contributed by atoms with van der Waals surface area (Å²) < 4.78 is 0. The normalized spacial score (nSPS) is 13.2. The number of rotatable bonds is 8. The van der Waals surface area contributed by atoms with Gasteiger partial charge in [0.25, 0.3) is 5.91 Å². The number of aliphatic imine (C=N–C) groups is 1. The molecule has 0 radical (unpaired) electrons. The van der Waals surface area contributed by atoms with Gasteiger partial charge >= 0.3 is 0 Å². The Morgan fingerprint density at radius 1 is 1.17 bits per heavy atom. The first-order chi connectivity index (χ1) is 13.3. The van der Waals surface area contributed by atoms with E-state index in [9.17, 15) is 9.90 Å². The van der Waals surface area contributed by atoms with Crippen LogP contribution in [0.25, 0.3) is 0 Å². The van der Waals surface area contributed by atoms with Crippen LogP contribution in [0.3, 0.4) is 0 Å². The summed E-state index contributed by atoms with van der Waals surface area (Å²) in [6, 6.07) is 6.63. The zero-order chi connectivity index (χ0) is 20.6. The Morgan fingerprint density at radius 2 is 1.90 bits per heavy atom. The fourth-order valence-electron chi connectivity index (χ4n) is 2.33. The molecule has 0 aliphatic rings. The number of carbonyl (C=O) groups is 1. The number of guanidine groups is 1. The van der Waals surface area contributed by atoms with Gasteiger partial charge < -0.3 is 21.1 Å². The van der Waals surface area contributed by atoms with Gasteiger partial charge in [0, 0.05) is 25.2 Å². The molecule has 10 heteroatoms. The second-order valence-corrected chi connectivity index (χ2v) is 7.89. The second kappa shape index (κ2) is 12.6. The van der Waals surface area contributed by atoms with Gasteiger partial charge in [-0.25, -0.2) is 4.99 Å². The van der Waals surface area contributed by atoms with Crippen molar-refractivity contribution in [3.63, 3.8) is 0 Å². The molecule has 0 bridgehead atoms. The zero-order valence-corrected chi connectivity index (χ0v) is 20.8. The summed E-state index contributed by atoms with van der Waals surface area (Å²) in [5.74, 6) is 0.337. The quantitative estimate of drug-likeness (QED) is 0.168. The molecule has 0 aliphatic carbocycles. The Balaban J connectivity index is 0.00000420. The highest BCUT2D eigenvalue weighted by Gasteiger charge is 2.23. The van der Waals surface area contributed by atoms with Crippen LogP contribution in [0.4, 0.5) is 0 Å². The van der Waals surface area contributed by atoms with Gasteiger partial charge in [0.2, 0.25) is 0 Å². The van der Waals surface area contributed by atoms with Gasteiger partial charge in [-0.1, -0.05) is 23.2 Å². The minimum atomic E-state index is -1.04. The van der Waals surface area contributed by atoms with Crippen LogP contribution in [0, 0.1) is 0 Å². The van der Waals surface area contributed by atoms with E-state index in [4.69, 9.17) is 23.2 Å². The first kappa shape index (κ1) is 26.0. The average Bonchev–Trinajstić information content (AvgIpc) is 3.21. The Kier molecular flexibility index (Phi) is 11.3. The van der Waals surface area contributed by atoms with Crippen LogP contribution in [0.5, 0.6) is 0 Å².